The fourth-order valence-electron chi connectivity index (χ4n) is 1.97. The molecular formula is C16H10N2O4. The number of benzene rings is 2. The van der Waals surface area contributed by atoms with Gasteiger partial charge in [-0.15, -0.1) is 0 Å². The Balaban J connectivity index is 1.87. The highest BCUT2D eigenvalue weighted by Crippen LogP contribution is 2.24. The third-order valence-electron chi connectivity index (χ3n) is 3.10. The van der Waals surface area contributed by atoms with Crippen LogP contribution in [0.15, 0.2) is 65.2 Å². The number of rotatable bonds is 4. The summed E-state index contributed by atoms with van der Waals surface area (Å²) >= 11 is 0. The summed E-state index contributed by atoms with van der Waals surface area (Å²) in [5.74, 6) is 0.0579. The molecule has 0 spiro atoms. The van der Waals surface area contributed by atoms with E-state index in [9.17, 15) is 14.9 Å². The lowest BCUT2D eigenvalue weighted by molar-refractivity contribution is -0.384. The zero-order valence-corrected chi connectivity index (χ0v) is 11.3. The van der Waals surface area contributed by atoms with Crippen LogP contribution in [0.5, 0.6) is 0 Å². The molecule has 0 aliphatic rings. The van der Waals surface area contributed by atoms with Crippen molar-refractivity contribution in [3.8, 4) is 11.3 Å². The fraction of sp³-hybridized carbons (Fsp3) is 0. The largest absolute Gasteiger partial charge is 0.433 e. The fourth-order valence-corrected chi connectivity index (χ4v) is 1.97. The quantitative estimate of drug-likeness (QED) is 0.417. The lowest BCUT2D eigenvalue weighted by Gasteiger charge is -1.97. The minimum atomic E-state index is -0.478. The summed E-state index contributed by atoms with van der Waals surface area (Å²) in [6.07, 6.45) is 1.43. The van der Waals surface area contributed by atoms with Gasteiger partial charge in [-0.3, -0.25) is 14.9 Å². The summed E-state index contributed by atoms with van der Waals surface area (Å²) in [4.78, 5) is 26.3. The van der Waals surface area contributed by atoms with Crippen LogP contribution in [-0.4, -0.2) is 15.7 Å². The molecule has 0 atom stereocenters. The Morgan fingerprint density at radius 3 is 2.36 bits per heavy atom. The number of oxazole rings is 1. The van der Waals surface area contributed by atoms with E-state index in [0.29, 0.717) is 16.9 Å². The van der Waals surface area contributed by atoms with E-state index in [-0.39, 0.29) is 17.4 Å². The second kappa shape index (κ2) is 5.61. The number of hydrogen-bond donors (Lipinski definition) is 0. The van der Waals surface area contributed by atoms with Crippen LogP contribution in [0.1, 0.15) is 16.2 Å². The van der Waals surface area contributed by atoms with Gasteiger partial charge < -0.3 is 4.42 Å². The van der Waals surface area contributed by atoms with E-state index in [0.717, 1.165) is 0 Å². The Hall–Kier alpha value is -3.28. The van der Waals surface area contributed by atoms with Gasteiger partial charge in [0.05, 0.1) is 11.1 Å². The number of hydrogen-bond acceptors (Lipinski definition) is 5. The van der Waals surface area contributed by atoms with Crippen LogP contribution in [0.4, 0.5) is 5.69 Å². The molecule has 0 aliphatic carbocycles. The summed E-state index contributed by atoms with van der Waals surface area (Å²) in [7, 11) is 0. The first-order valence-electron chi connectivity index (χ1n) is 6.45. The molecule has 0 radical (unpaired) electrons. The maximum absolute atomic E-state index is 12.2. The zero-order chi connectivity index (χ0) is 15.5. The van der Waals surface area contributed by atoms with Crippen molar-refractivity contribution in [1.29, 1.82) is 0 Å². The predicted molar refractivity (Wildman–Crippen MR) is 78.5 cm³/mol. The van der Waals surface area contributed by atoms with Gasteiger partial charge in [-0.2, -0.15) is 0 Å². The molecule has 3 rings (SSSR count). The van der Waals surface area contributed by atoms with Crippen LogP contribution in [0, 0.1) is 10.1 Å². The number of ketones is 1. The van der Waals surface area contributed by atoms with Crippen LogP contribution >= 0.6 is 0 Å². The van der Waals surface area contributed by atoms with E-state index in [1.54, 1.807) is 36.4 Å². The average Bonchev–Trinajstić information content (AvgIpc) is 3.05. The van der Waals surface area contributed by atoms with E-state index >= 15 is 0 Å². The maximum atomic E-state index is 12.2. The van der Waals surface area contributed by atoms with Gasteiger partial charge in [-0.25, -0.2) is 4.98 Å². The minimum Gasteiger partial charge on any atom is -0.433 e. The van der Waals surface area contributed by atoms with Crippen LogP contribution < -0.4 is 0 Å². The Labute approximate surface area is 125 Å². The molecule has 2 aromatic carbocycles. The van der Waals surface area contributed by atoms with Gasteiger partial charge in [-0.05, 0) is 12.1 Å². The summed E-state index contributed by atoms with van der Waals surface area (Å²) < 4.78 is 5.46. The molecule has 1 heterocycles. The second-order valence-electron chi connectivity index (χ2n) is 4.53. The first kappa shape index (κ1) is 13.7. The first-order valence-corrected chi connectivity index (χ1v) is 6.45. The molecule has 3 aromatic rings. The van der Waals surface area contributed by atoms with Crippen molar-refractivity contribution in [2.24, 2.45) is 0 Å². The smallest absolute Gasteiger partial charge is 0.269 e. The van der Waals surface area contributed by atoms with Crippen molar-refractivity contribution in [2.75, 3.05) is 0 Å². The lowest BCUT2D eigenvalue weighted by atomic mass is 10.1. The summed E-state index contributed by atoms with van der Waals surface area (Å²) in [5.41, 5.74) is 1.09. The van der Waals surface area contributed by atoms with E-state index < -0.39 is 4.92 Å². The van der Waals surface area contributed by atoms with Gasteiger partial charge >= 0.3 is 0 Å². The maximum Gasteiger partial charge on any atom is 0.269 e. The number of nitrogens with zero attached hydrogens (tertiary/aromatic N) is 2. The molecule has 0 N–H and O–H groups in total. The van der Waals surface area contributed by atoms with Gasteiger partial charge in [-0.1, -0.05) is 30.3 Å². The van der Waals surface area contributed by atoms with Crippen LogP contribution in [0.25, 0.3) is 11.3 Å². The number of aromatic nitrogens is 1. The van der Waals surface area contributed by atoms with Crippen LogP contribution in [0.2, 0.25) is 0 Å². The molecule has 0 aliphatic heterocycles. The highest BCUT2D eigenvalue weighted by atomic mass is 16.6. The Bertz CT molecular complexity index is 823. The van der Waals surface area contributed by atoms with Crippen molar-refractivity contribution in [3.63, 3.8) is 0 Å². The summed E-state index contributed by atoms with van der Waals surface area (Å²) in [5, 5.41) is 10.6. The molecule has 0 amide bonds. The van der Waals surface area contributed by atoms with E-state index in [1.807, 2.05) is 6.07 Å². The molecule has 6 nitrogen and oxygen atoms in total. The van der Waals surface area contributed by atoms with Gasteiger partial charge in [0, 0.05) is 23.3 Å². The molecule has 1 aromatic heterocycles. The molecule has 0 bridgehead atoms. The Morgan fingerprint density at radius 2 is 1.73 bits per heavy atom. The average molecular weight is 294 g/mol. The highest BCUT2D eigenvalue weighted by Gasteiger charge is 2.16. The zero-order valence-electron chi connectivity index (χ0n) is 11.3. The molecule has 6 heteroatoms. The standard InChI is InChI=1S/C16H10N2O4/c19-15(12-4-2-1-3-5-12)16-17-10-14(22-16)11-6-8-13(9-7-11)18(20)21/h1-10H. The van der Waals surface area contributed by atoms with Gasteiger partial charge in [0.25, 0.3) is 11.6 Å². The minimum absolute atomic E-state index is 0.0103. The normalized spacial score (nSPS) is 10.4. The molecule has 0 fully saturated rings. The number of nitro groups is 1. The second-order valence-corrected chi connectivity index (χ2v) is 4.53. The third-order valence-corrected chi connectivity index (χ3v) is 3.10. The Kier molecular flexibility index (Phi) is 3.49. The predicted octanol–water partition coefficient (Wildman–Crippen LogP) is 3.48. The molecule has 0 unspecified atom stereocenters. The Morgan fingerprint density at radius 1 is 1.05 bits per heavy atom. The SMILES string of the molecule is O=C(c1ccccc1)c1ncc(-c2ccc([N+](=O)[O-])cc2)o1. The van der Waals surface area contributed by atoms with Gasteiger partial charge in [0.2, 0.25) is 5.78 Å². The van der Waals surface area contributed by atoms with Crippen LogP contribution in [-0.2, 0) is 0 Å². The lowest BCUT2D eigenvalue weighted by Crippen LogP contribution is -2.00. The molecule has 22 heavy (non-hydrogen) atoms. The summed E-state index contributed by atoms with van der Waals surface area (Å²) in [6.45, 7) is 0. The number of carbonyl (C=O) groups is 1. The molecular weight excluding hydrogens is 284 g/mol. The topological polar surface area (TPSA) is 86.2 Å². The van der Waals surface area contributed by atoms with E-state index in [1.165, 1.54) is 18.3 Å². The van der Waals surface area contributed by atoms with Crippen molar-refractivity contribution in [2.45, 2.75) is 0 Å². The molecule has 108 valence electrons. The van der Waals surface area contributed by atoms with E-state index in [2.05, 4.69) is 4.98 Å². The summed E-state index contributed by atoms with van der Waals surface area (Å²) in [6, 6.07) is 14.5. The number of non-ortho nitro benzene ring substituents is 1. The first-order chi connectivity index (χ1) is 10.6. The molecule has 0 saturated carbocycles. The van der Waals surface area contributed by atoms with Crippen molar-refractivity contribution < 1.29 is 14.1 Å². The van der Waals surface area contributed by atoms with Gasteiger partial charge in [0.1, 0.15) is 0 Å². The third kappa shape index (κ3) is 2.62. The van der Waals surface area contributed by atoms with E-state index in [4.69, 9.17) is 4.42 Å². The molecule has 0 saturated heterocycles. The van der Waals surface area contributed by atoms with Gasteiger partial charge in [0.15, 0.2) is 5.76 Å². The van der Waals surface area contributed by atoms with Crippen molar-refractivity contribution >= 4 is 11.5 Å². The highest BCUT2D eigenvalue weighted by molar-refractivity contribution is 6.06. The monoisotopic (exact) mass is 294 g/mol. The van der Waals surface area contributed by atoms with Crippen molar-refractivity contribution in [1.82, 2.24) is 4.98 Å². The number of nitro benzene ring substituents is 1. The van der Waals surface area contributed by atoms with Crippen LogP contribution in [0.3, 0.4) is 0 Å². The number of carbonyl (C=O) groups excluding carboxylic acids is 1. The van der Waals surface area contributed by atoms with Crippen molar-refractivity contribution in [3.05, 3.63) is 82.4 Å².